The highest BCUT2D eigenvalue weighted by Crippen LogP contribution is 2.31. The molecule has 0 aliphatic heterocycles. The van der Waals surface area contributed by atoms with Crippen LogP contribution in [0.25, 0.3) is 0 Å². The Kier molecular flexibility index (Phi) is 4.79. The molecule has 1 atom stereocenters. The minimum Gasteiger partial charge on any atom is -0.271 e. The highest BCUT2D eigenvalue weighted by molar-refractivity contribution is 5.23. The maximum atomic E-state index is 5.77. The minimum atomic E-state index is 0.430. The summed E-state index contributed by atoms with van der Waals surface area (Å²) in [7, 11) is 0. The lowest BCUT2D eigenvalue weighted by molar-refractivity contribution is 0.229. The molecule has 2 heteroatoms. The van der Waals surface area contributed by atoms with Crippen LogP contribution in [-0.4, -0.2) is 6.04 Å². The zero-order valence-corrected chi connectivity index (χ0v) is 11.7. The van der Waals surface area contributed by atoms with Gasteiger partial charge < -0.3 is 0 Å². The van der Waals surface area contributed by atoms with Gasteiger partial charge in [0.1, 0.15) is 0 Å². The number of hydrogen-bond acceptors (Lipinski definition) is 2. The third-order valence-electron chi connectivity index (χ3n) is 4.38. The SMILES string of the molecule is Cc1cccc(CC(NN)C2CCC(C)CC2)c1. The molecule has 1 aromatic carbocycles. The summed E-state index contributed by atoms with van der Waals surface area (Å²) in [5, 5.41) is 0. The van der Waals surface area contributed by atoms with Crippen molar-refractivity contribution in [2.24, 2.45) is 17.7 Å². The molecule has 0 aromatic heterocycles. The smallest absolute Gasteiger partial charge is 0.0279 e. The van der Waals surface area contributed by atoms with Gasteiger partial charge in [-0.2, -0.15) is 0 Å². The van der Waals surface area contributed by atoms with E-state index in [4.69, 9.17) is 5.84 Å². The van der Waals surface area contributed by atoms with Crippen LogP contribution in [0, 0.1) is 18.8 Å². The highest BCUT2D eigenvalue weighted by Gasteiger charge is 2.25. The Morgan fingerprint density at radius 3 is 2.61 bits per heavy atom. The van der Waals surface area contributed by atoms with E-state index in [1.54, 1.807) is 0 Å². The number of aryl methyl sites for hydroxylation is 1. The standard InChI is InChI=1S/C16H26N2/c1-12-6-8-15(9-7-12)16(18-17)11-14-5-3-4-13(2)10-14/h3-5,10,12,15-16,18H,6-9,11,17H2,1-2H3. The van der Waals surface area contributed by atoms with Gasteiger partial charge in [-0.3, -0.25) is 11.3 Å². The summed E-state index contributed by atoms with van der Waals surface area (Å²) in [5.74, 6) is 7.42. The number of hydrazine groups is 1. The Morgan fingerprint density at radius 2 is 2.00 bits per heavy atom. The van der Waals surface area contributed by atoms with Crippen molar-refractivity contribution in [1.29, 1.82) is 0 Å². The normalized spacial score (nSPS) is 25.9. The van der Waals surface area contributed by atoms with Crippen molar-refractivity contribution in [2.75, 3.05) is 0 Å². The highest BCUT2D eigenvalue weighted by atomic mass is 15.2. The zero-order valence-electron chi connectivity index (χ0n) is 11.7. The Hall–Kier alpha value is -0.860. The fraction of sp³-hybridized carbons (Fsp3) is 0.625. The summed E-state index contributed by atoms with van der Waals surface area (Å²) in [5.41, 5.74) is 5.79. The molecule has 0 heterocycles. The summed E-state index contributed by atoms with van der Waals surface area (Å²) in [4.78, 5) is 0. The van der Waals surface area contributed by atoms with Gasteiger partial charge in [-0.15, -0.1) is 0 Å². The monoisotopic (exact) mass is 246 g/mol. The molecule has 0 bridgehead atoms. The second kappa shape index (κ2) is 6.35. The lowest BCUT2D eigenvalue weighted by Crippen LogP contribution is -2.43. The van der Waals surface area contributed by atoms with Crippen molar-refractivity contribution in [3.63, 3.8) is 0 Å². The first-order valence-electron chi connectivity index (χ1n) is 7.20. The molecule has 1 fully saturated rings. The van der Waals surface area contributed by atoms with Gasteiger partial charge in [0.25, 0.3) is 0 Å². The first kappa shape index (κ1) is 13.6. The molecule has 0 amide bonds. The summed E-state index contributed by atoms with van der Waals surface area (Å²) in [6.07, 6.45) is 6.41. The number of benzene rings is 1. The topological polar surface area (TPSA) is 38.0 Å². The van der Waals surface area contributed by atoms with Crippen LogP contribution in [0.1, 0.15) is 43.7 Å². The first-order valence-corrected chi connectivity index (χ1v) is 7.20. The Balaban J connectivity index is 1.96. The van der Waals surface area contributed by atoms with E-state index in [2.05, 4.69) is 43.5 Å². The number of rotatable bonds is 4. The minimum absolute atomic E-state index is 0.430. The van der Waals surface area contributed by atoms with Crippen molar-refractivity contribution >= 4 is 0 Å². The van der Waals surface area contributed by atoms with Crippen LogP contribution in [-0.2, 0) is 6.42 Å². The maximum Gasteiger partial charge on any atom is 0.0279 e. The fourth-order valence-corrected chi connectivity index (χ4v) is 3.14. The van der Waals surface area contributed by atoms with E-state index >= 15 is 0 Å². The third kappa shape index (κ3) is 3.56. The molecule has 1 aromatic rings. The lowest BCUT2D eigenvalue weighted by atomic mass is 9.78. The van der Waals surface area contributed by atoms with Crippen molar-refractivity contribution in [3.8, 4) is 0 Å². The molecule has 100 valence electrons. The predicted octanol–water partition coefficient (Wildman–Crippen LogP) is 3.20. The third-order valence-corrected chi connectivity index (χ3v) is 4.38. The molecule has 0 spiro atoms. The number of hydrogen-bond donors (Lipinski definition) is 2. The molecule has 1 aliphatic carbocycles. The van der Waals surface area contributed by atoms with E-state index in [0.717, 1.165) is 18.3 Å². The summed E-state index contributed by atoms with van der Waals surface area (Å²) in [6.45, 7) is 4.51. The molecule has 2 nitrogen and oxygen atoms in total. The Morgan fingerprint density at radius 1 is 1.28 bits per heavy atom. The molecule has 2 rings (SSSR count). The van der Waals surface area contributed by atoms with Gasteiger partial charge in [-0.1, -0.05) is 49.6 Å². The van der Waals surface area contributed by atoms with Crippen LogP contribution in [0.5, 0.6) is 0 Å². The molecular formula is C16H26N2. The first-order chi connectivity index (χ1) is 8.69. The van der Waals surface area contributed by atoms with Crippen molar-refractivity contribution in [2.45, 2.75) is 52.0 Å². The van der Waals surface area contributed by atoms with Crippen LogP contribution in [0.15, 0.2) is 24.3 Å². The van der Waals surface area contributed by atoms with Gasteiger partial charge in [-0.25, -0.2) is 0 Å². The van der Waals surface area contributed by atoms with E-state index < -0.39 is 0 Å². The fourth-order valence-electron chi connectivity index (χ4n) is 3.14. The Bertz CT molecular complexity index is 367. The molecule has 1 saturated carbocycles. The average Bonchev–Trinajstić information content (AvgIpc) is 2.37. The molecule has 1 unspecified atom stereocenters. The zero-order chi connectivity index (χ0) is 13.0. The Labute approximate surface area is 111 Å². The van der Waals surface area contributed by atoms with Gasteiger partial charge in [0.05, 0.1) is 0 Å². The lowest BCUT2D eigenvalue weighted by Gasteiger charge is -2.32. The summed E-state index contributed by atoms with van der Waals surface area (Å²) < 4.78 is 0. The summed E-state index contributed by atoms with van der Waals surface area (Å²) in [6, 6.07) is 9.20. The van der Waals surface area contributed by atoms with Gasteiger partial charge in [0.15, 0.2) is 0 Å². The van der Waals surface area contributed by atoms with E-state index in [-0.39, 0.29) is 0 Å². The van der Waals surface area contributed by atoms with E-state index in [1.807, 2.05) is 0 Å². The average molecular weight is 246 g/mol. The molecule has 3 N–H and O–H groups in total. The largest absolute Gasteiger partial charge is 0.271 e. The van der Waals surface area contributed by atoms with Crippen LogP contribution in [0.3, 0.4) is 0 Å². The quantitative estimate of drug-likeness (QED) is 0.632. The van der Waals surface area contributed by atoms with Crippen molar-refractivity contribution < 1.29 is 0 Å². The van der Waals surface area contributed by atoms with Gasteiger partial charge in [-0.05, 0) is 43.6 Å². The van der Waals surface area contributed by atoms with E-state index in [0.29, 0.717) is 6.04 Å². The second-order valence-electron chi connectivity index (χ2n) is 5.99. The molecule has 0 saturated heterocycles. The number of nitrogens with two attached hydrogens (primary N) is 1. The maximum absolute atomic E-state index is 5.77. The molecule has 1 aliphatic rings. The predicted molar refractivity (Wildman–Crippen MR) is 77.1 cm³/mol. The molecule has 0 radical (unpaired) electrons. The molecule has 18 heavy (non-hydrogen) atoms. The van der Waals surface area contributed by atoms with Crippen molar-refractivity contribution in [3.05, 3.63) is 35.4 Å². The van der Waals surface area contributed by atoms with Crippen LogP contribution in [0.2, 0.25) is 0 Å². The number of nitrogens with one attached hydrogen (secondary N) is 1. The van der Waals surface area contributed by atoms with E-state index in [9.17, 15) is 0 Å². The summed E-state index contributed by atoms with van der Waals surface area (Å²) >= 11 is 0. The van der Waals surface area contributed by atoms with Gasteiger partial charge in [0, 0.05) is 6.04 Å². The van der Waals surface area contributed by atoms with Gasteiger partial charge in [0.2, 0.25) is 0 Å². The van der Waals surface area contributed by atoms with Gasteiger partial charge >= 0.3 is 0 Å². The molecular weight excluding hydrogens is 220 g/mol. The van der Waals surface area contributed by atoms with Crippen molar-refractivity contribution in [1.82, 2.24) is 5.43 Å². The second-order valence-corrected chi connectivity index (χ2v) is 5.99. The van der Waals surface area contributed by atoms with Crippen LogP contribution in [0.4, 0.5) is 0 Å². The van der Waals surface area contributed by atoms with Crippen LogP contribution >= 0.6 is 0 Å². The van der Waals surface area contributed by atoms with E-state index in [1.165, 1.54) is 36.8 Å². The van der Waals surface area contributed by atoms with Crippen LogP contribution < -0.4 is 11.3 Å².